The average Bonchev–Trinajstić information content (AvgIpc) is 2.89. The Bertz CT molecular complexity index is 1260. The van der Waals surface area contributed by atoms with Crippen molar-refractivity contribution in [2.24, 2.45) is 33.0 Å². The standard InChI is InChI=1S/C34H46O5/c1-9-10-27(36)39-28-21(2)22-11-12-25-32(5,23(22)19-24(28)35)16-18-34(7)26-20-31(4,29(37)38-8)14-13-30(26,3)15-17-33(25,34)6/h11-12,19,26H,9-10,13-18,20H2,1-8H3/t26-,30-,31-,32+,33-,34+/m1/s1. The van der Waals surface area contributed by atoms with E-state index in [9.17, 15) is 14.4 Å². The molecule has 5 rings (SSSR count). The second kappa shape index (κ2) is 9.04. The van der Waals surface area contributed by atoms with Crippen LogP contribution in [-0.2, 0) is 23.9 Å². The maximum Gasteiger partial charge on any atom is 0.311 e. The molecule has 0 unspecified atom stereocenters. The van der Waals surface area contributed by atoms with Gasteiger partial charge in [0.2, 0.25) is 5.78 Å². The van der Waals surface area contributed by atoms with Crippen LogP contribution < -0.4 is 0 Å². The number of carbonyl (C=O) groups excluding carboxylic acids is 3. The molecule has 0 bridgehead atoms. The average molecular weight is 535 g/mol. The van der Waals surface area contributed by atoms with Crippen molar-refractivity contribution in [2.45, 2.75) is 106 Å². The second-order valence-corrected chi connectivity index (χ2v) is 14.3. The Kier molecular flexibility index (Phi) is 6.52. The molecule has 0 spiro atoms. The van der Waals surface area contributed by atoms with Crippen molar-refractivity contribution in [3.8, 4) is 0 Å². The Balaban J connectivity index is 1.57. The molecule has 0 aliphatic heterocycles. The summed E-state index contributed by atoms with van der Waals surface area (Å²) in [5.74, 6) is -0.0517. The summed E-state index contributed by atoms with van der Waals surface area (Å²) in [5, 5.41) is 0. The molecule has 5 aliphatic carbocycles. The van der Waals surface area contributed by atoms with E-state index in [4.69, 9.17) is 9.47 Å². The zero-order chi connectivity index (χ0) is 28.6. The van der Waals surface area contributed by atoms with E-state index in [1.54, 1.807) is 6.08 Å². The van der Waals surface area contributed by atoms with Crippen molar-refractivity contribution in [3.63, 3.8) is 0 Å². The summed E-state index contributed by atoms with van der Waals surface area (Å²) < 4.78 is 10.9. The highest BCUT2D eigenvalue weighted by Crippen LogP contribution is 2.75. The number of rotatable bonds is 4. The molecule has 0 saturated heterocycles. The first kappa shape index (κ1) is 28.1. The van der Waals surface area contributed by atoms with Gasteiger partial charge in [-0.2, -0.15) is 0 Å². The number of ether oxygens (including phenoxy) is 2. The Morgan fingerprint density at radius 1 is 0.974 bits per heavy atom. The molecule has 5 heteroatoms. The smallest absolute Gasteiger partial charge is 0.311 e. The van der Waals surface area contributed by atoms with E-state index in [1.165, 1.54) is 12.7 Å². The van der Waals surface area contributed by atoms with E-state index in [1.807, 2.05) is 13.8 Å². The maximum absolute atomic E-state index is 13.3. The fourth-order valence-electron chi connectivity index (χ4n) is 9.38. The fourth-order valence-corrected chi connectivity index (χ4v) is 9.38. The van der Waals surface area contributed by atoms with E-state index in [0.29, 0.717) is 18.8 Å². The van der Waals surface area contributed by atoms with Gasteiger partial charge in [-0.1, -0.05) is 52.3 Å². The summed E-state index contributed by atoms with van der Waals surface area (Å²) in [6.07, 6.45) is 14.2. The van der Waals surface area contributed by atoms with Crippen molar-refractivity contribution in [2.75, 3.05) is 7.11 Å². The van der Waals surface area contributed by atoms with Gasteiger partial charge in [-0.3, -0.25) is 14.4 Å². The lowest BCUT2D eigenvalue weighted by Crippen LogP contribution is -2.62. The van der Waals surface area contributed by atoms with Crippen LogP contribution >= 0.6 is 0 Å². The third-order valence-corrected chi connectivity index (χ3v) is 12.2. The lowest BCUT2D eigenvalue weighted by molar-refractivity contribution is -0.180. The lowest BCUT2D eigenvalue weighted by atomic mass is 9.34. The highest BCUT2D eigenvalue weighted by Gasteiger charge is 2.67. The minimum atomic E-state index is -0.444. The second-order valence-electron chi connectivity index (χ2n) is 14.3. The van der Waals surface area contributed by atoms with Gasteiger partial charge < -0.3 is 9.47 Å². The van der Waals surface area contributed by atoms with Gasteiger partial charge in [0.15, 0.2) is 5.76 Å². The Hall–Kier alpha value is -2.43. The van der Waals surface area contributed by atoms with Gasteiger partial charge >= 0.3 is 11.9 Å². The van der Waals surface area contributed by atoms with Gasteiger partial charge in [-0.25, -0.2) is 0 Å². The monoisotopic (exact) mass is 534 g/mol. The Morgan fingerprint density at radius 2 is 1.67 bits per heavy atom. The van der Waals surface area contributed by atoms with E-state index in [2.05, 4.69) is 46.8 Å². The number of hydrogen-bond donors (Lipinski definition) is 0. The molecule has 0 amide bonds. The molecule has 0 heterocycles. The minimum Gasteiger partial charge on any atom is -0.469 e. The molecule has 39 heavy (non-hydrogen) atoms. The quantitative estimate of drug-likeness (QED) is 0.348. The molecule has 212 valence electrons. The molecule has 3 fully saturated rings. The van der Waals surface area contributed by atoms with Crippen LogP contribution in [-0.4, -0.2) is 24.8 Å². The molecule has 0 radical (unpaired) electrons. The minimum absolute atomic E-state index is 0.0251. The fraction of sp³-hybridized carbons (Fsp3) is 0.676. The molecular formula is C34H46O5. The van der Waals surface area contributed by atoms with Crippen LogP contribution in [0, 0.1) is 33.0 Å². The molecule has 6 atom stereocenters. The van der Waals surface area contributed by atoms with Gasteiger partial charge in [0.1, 0.15) is 0 Å². The lowest BCUT2D eigenvalue weighted by Gasteiger charge is -2.70. The summed E-state index contributed by atoms with van der Waals surface area (Å²) in [7, 11) is 1.52. The predicted octanol–water partition coefficient (Wildman–Crippen LogP) is 7.57. The molecule has 0 N–H and O–H groups in total. The van der Waals surface area contributed by atoms with Gasteiger partial charge in [-0.15, -0.1) is 0 Å². The van der Waals surface area contributed by atoms with Crippen molar-refractivity contribution in [3.05, 3.63) is 46.3 Å². The number of fused-ring (bicyclic) bond motifs is 7. The zero-order valence-electron chi connectivity index (χ0n) is 25.2. The van der Waals surface area contributed by atoms with E-state index < -0.39 is 5.41 Å². The van der Waals surface area contributed by atoms with Crippen LogP contribution in [0.1, 0.15) is 106 Å². The largest absolute Gasteiger partial charge is 0.469 e. The topological polar surface area (TPSA) is 69.7 Å². The van der Waals surface area contributed by atoms with E-state index in [0.717, 1.165) is 61.7 Å². The number of carbonyl (C=O) groups is 3. The van der Waals surface area contributed by atoms with Gasteiger partial charge in [0.25, 0.3) is 0 Å². The van der Waals surface area contributed by atoms with Crippen molar-refractivity contribution in [1.82, 2.24) is 0 Å². The van der Waals surface area contributed by atoms with Crippen LogP contribution in [0.25, 0.3) is 0 Å². The Morgan fingerprint density at radius 3 is 2.33 bits per heavy atom. The first-order valence-corrected chi connectivity index (χ1v) is 14.9. The van der Waals surface area contributed by atoms with Crippen molar-refractivity contribution in [1.29, 1.82) is 0 Å². The first-order valence-electron chi connectivity index (χ1n) is 14.9. The number of esters is 2. The highest BCUT2D eigenvalue weighted by atomic mass is 16.5. The van der Waals surface area contributed by atoms with Crippen LogP contribution in [0.5, 0.6) is 0 Å². The third kappa shape index (κ3) is 3.81. The SMILES string of the molecule is CCCC(=O)OC1=C(C)C2=CC=C3[C@@](C)(CC[C@@]4(C)[C@@H]5C[C@](C)(C(=O)OC)CC[C@]5(C)CC[C@]34C)C2=CC1=O. The normalized spacial score (nSPS) is 41.2. The molecule has 0 aromatic heterocycles. The molecule has 5 aliphatic rings. The third-order valence-electron chi connectivity index (χ3n) is 12.2. The highest BCUT2D eigenvalue weighted by molar-refractivity contribution is 6.08. The van der Waals surface area contributed by atoms with E-state index in [-0.39, 0.29) is 45.1 Å². The van der Waals surface area contributed by atoms with Crippen molar-refractivity contribution < 1.29 is 23.9 Å². The van der Waals surface area contributed by atoms with Crippen molar-refractivity contribution >= 4 is 17.7 Å². The summed E-state index contributed by atoms with van der Waals surface area (Å²) in [5.41, 5.74) is 3.73. The molecule has 5 nitrogen and oxygen atoms in total. The molecule has 3 saturated carbocycles. The van der Waals surface area contributed by atoms with Gasteiger partial charge in [0, 0.05) is 17.4 Å². The summed E-state index contributed by atoms with van der Waals surface area (Å²) in [6.45, 7) is 15.6. The van der Waals surface area contributed by atoms with E-state index >= 15 is 0 Å². The number of methoxy groups -OCH3 is 1. The van der Waals surface area contributed by atoms with Gasteiger partial charge in [0.05, 0.1) is 12.5 Å². The number of ketones is 1. The number of hydrogen-bond acceptors (Lipinski definition) is 5. The van der Waals surface area contributed by atoms with Crippen LogP contribution in [0.15, 0.2) is 46.3 Å². The summed E-state index contributed by atoms with van der Waals surface area (Å²) in [6, 6.07) is 0. The zero-order valence-corrected chi connectivity index (χ0v) is 25.2. The summed E-state index contributed by atoms with van der Waals surface area (Å²) >= 11 is 0. The Labute approximate surface area is 234 Å². The first-order chi connectivity index (χ1) is 18.2. The van der Waals surface area contributed by atoms with Crippen LogP contribution in [0.4, 0.5) is 0 Å². The van der Waals surface area contributed by atoms with Gasteiger partial charge in [-0.05, 0) is 105 Å². The molecule has 0 aromatic carbocycles. The maximum atomic E-state index is 13.3. The molecule has 0 aromatic rings. The summed E-state index contributed by atoms with van der Waals surface area (Å²) in [4.78, 5) is 38.5. The van der Waals surface area contributed by atoms with Crippen LogP contribution in [0.3, 0.4) is 0 Å². The number of allylic oxidation sites excluding steroid dienone is 7. The predicted molar refractivity (Wildman–Crippen MR) is 151 cm³/mol. The van der Waals surface area contributed by atoms with Crippen LogP contribution in [0.2, 0.25) is 0 Å². The molecular weight excluding hydrogens is 488 g/mol.